The Hall–Kier alpha value is -3.17. The maximum absolute atomic E-state index is 12.3. The lowest BCUT2D eigenvalue weighted by molar-refractivity contribution is -0.146. The van der Waals surface area contributed by atoms with Crippen LogP contribution in [-0.4, -0.2) is 18.5 Å². The molecular weight excluding hydrogens is 396 g/mol. The van der Waals surface area contributed by atoms with Gasteiger partial charge in [0.1, 0.15) is 11.1 Å². The number of esters is 1. The molecule has 0 aliphatic heterocycles. The fourth-order valence-corrected chi connectivity index (χ4v) is 5.30. The number of nitrogens with one attached hydrogen (secondary N) is 1. The minimum atomic E-state index is -0.457. The zero-order chi connectivity index (χ0) is 21.1. The van der Waals surface area contributed by atoms with Crippen LogP contribution in [0.5, 0.6) is 0 Å². The van der Waals surface area contributed by atoms with Crippen LogP contribution in [0.25, 0.3) is 10.8 Å². The molecule has 3 aromatic rings. The predicted octanol–water partition coefficient (Wildman–Crippen LogP) is 4.62. The van der Waals surface area contributed by atoms with Crippen molar-refractivity contribution in [2.24, 2.45) is 5.92 Å². The van der Waals surface area contributed by atoms with E-state index in [4.69, 9.17) is 4.74 Å². The summed E-state index contributed by atoms with van der Waals surface area (Å²) in [5, 5.41) is 14.9. The number of nitriles is 1. The lowest BCUT2D eigenvalue weighted by Gasteiger charge is -2.17. The molecule has 1 N–H and O–H groups in total. The van der Waals surface area contributed by atoms with Gasteiger partial charge >= 0.3 is 5.97 Å². The monoisotopic (exact) mass is 418 g/mol. The molecule has 0 spiro atoms. The van der Waals surface area contributed by atoms with Gasteiger partial charge in [-0.15, -0.1) is 11.3 Å². The fraction of sp³-hybridized carbons (Fsp3) is 0.292. The number of rotatable bonds is 5. The molecule has 1 atom stereocenters. The van der Waals surface area contributed by atoms with E-state index in [2.05, 4.69) is 18.3 Å². The van der Waals surface area contributed by atoms with Crippen molar-refractivity contribution in [2.75, 3.05) is 11.9 Å². The Labute approximate surface area is 179 Å². The third-order valence-electron chi connectivity index (χ3n) is 5.46. The van der Waals surface area contributed by atoms with Gasteiger partial charge in [0.25, 0.3) is 5.91 Å². The molecule has 1 heterocycles. The van der Waals surface area contributed by atoms with Crippen LogP contribution >= 0.6 is 11.3 Å². The van der Waals surface area contributed by atoms with E-state index in [0.29, 0.717) is 16.5 Å². The van der Waals surface area contributed by atoms with E-state index >= 15 is 0 Å². The molecule has 1 aliphatic rings. The smallest absolute Gasteiger partial charge is 0.310 e. The normalized spacial score (nSPS) is 15.3. The van der Waals surface area contributed by atoms with Gasteiger partial charge in [-0.1, -0.05) is 49.4 Å². The van der Waals surface area contributed by atoms with Crippen LogP contribution in [-0.2, 0) is 33.6 Å². The molecule has 6 heteroatoms. The van der Waals surface area contributed by atoms with Crippen LogP contribution < -0.4 is 5.32 Å². The second-order valence-electron chi connectivity index (χ2n) is 7.69. The summed E-state index contributed by atoms with van der Waals surface area (Å²) in [5.74, 6) is -0.299. The number of benzene rings is 2. The topological polar surface area (TPSA) is 79.2 Å². The van der Waals surface area contributed by atoms with Crippen LogP contribution in [0.4, 0.5) is 5.00 Å². The van der Waals surface area contributed by atoms with Crippen molar-refractivity contribution in [2.45, 2.75) is 32.6 Å². The number of nitrogens with zero attached hydrogens (tertiary/aromatic N) is 1. The Bertz CT molecular complexity index is 1150. The molecule has 0 saturated carbocycles. The average molecular weight is 419 g/mol. The van der Waals surface area contributed by atoms with Crippen LogP contribution in [0.3, 0.4) is 0 Å². The van der Waals surface area contributed by atoms with Crippen molar-refractivity contribution in [3.63, 3.8) is 0 Å². The van der Waals surface area contributed by atoms with E-state index in [1.165, 1.54) is 16.2 Å². The van der Waals surface area contributed by atoms with E-state index in [-0.39, 0.29) is 13.0 Å². The van der Waals surface area contributed by atoms with Gasteiger partial charge < -0.3 is 10.1 Å². The molecule has 0 fully saturated rings. The van der Waals surface area contributed by atoms with E-state index in [1.54, 1.807) is 0 Å². The number of amides is 1. The largest absolute Gasteiger partial charge is 0.455 e. The molecule has 5 nitrogen and oxygen atoms in total. The first-order chi connectivity index (χ1) is 14.5. The molecule has 1 amide bonds. The molecule has 0 saturated heterocycles. The summed E-state index contributed by atoms with van der Waals surface area (Å²) >= 11 is 1.46. The molecule has 4 rings (SSSR count). The van der Waals surface area contributed by atoms with Crippen molar-refractivity contribution in [3.05, 3.63) is 64.0 Å². The zero-order valence-electron chi connectivity index (χ0n) is 16.7. The van der Waals surface area contributed by atoms with Crippen molar-refractivity contribution in [1.82, 2.24) is 0 Å². The molecule has 152 valence electrons. The molecule has 1 aliphatic carbocycles. The molecule has 2 aromatic carbocycles. The van der Waals surface area contributed by atoms with Gasteiger partial charge in [-0.3, -0.25) is 9.59 Å². The van der Waals surface area contributed by atoms with Gasteiger partial charge in [0, 0.05) is 4.88 Å². The quantitative estimate of drug-likeness (QED) is 0.613. The number of hydrogen-bond acceptors (Lipinski definition) is 5. The minimum Gasteiger partial charge on any atom is -0.455 e. The number of anilines is 1. The van der Waals surface area contributed by atoms with Gasteiger partial charge in [0.05, 0.1) is 12.0 Å². The van der Waals surface area contributed by atoms with E-state index in [1.807, 2.05) is 42.5 Å². The molecular formula is C24H22N2O3S. The Morgan fingerprint density at radius 2 is 2.03 bits per heavy atom. The second-order valence-corrected chi connectivity index (χ2v) is 8.80. The van der Waals surface area contributed by atoms with Gasteiger partial charge in [-0.05, 0) is 47.1 Å². The van der Waals surface area contributed by atoms with Crippen LogP contribution in [0, 0.1) is 17.2 Å². The zero-order valence-corrected chi connectivity index (χ0v) is 17.6. The van der Waals surface area contributed by atoms with Crippen molar-refractivity contribution in [3.8, 4) is 6.07 Å². The Morgan fingerprint density at radius 3 is 2.87 bits per heavy atom. The van der Waals surface area contributed by atoms with Gasteiger partial charge in [0.2, 0.25) is 0 Å². The van der Waals surface area contributed by atoms with E-state index < -0.39 is 11.9 Å². The molecule has 0 bridgehead atoms. The highest BCUT2D eigenvalue weighted by atomic mass is 32.1. The Morgan fingerprint density at radius 1 is 1.23 bits per heavy atom. The summed E-state index contributed by atoms with van der Waals surface area (Å²) in [7, 11) is 0. The Kier molecular flexibility index (Phi) is 5.82. The number of hydrogen-bond donors (Lipinski definition) is 1. The SMILES string of the molecule is C[C@@H]1CCc2c(sc(NC(=O)COC(=O)Cc3cccc4ccccc34)c2C#N)C1. The van der Waals surface area contributed by atoms with Gasteiger partial charge in [0.15, 0.2) is 6.61 Å². The second kappa shape index (κ2) is 8.68. The van der Waals surface area contributed by atoms with E-state index in [9.17, 15) is 14.9 Å². The first-order valence-electron chi connectivity index (χ1n) is 10.0. The van der Waals surface area contributed by atoms with Gasteiger partial charge in [-0.2, -0.15) is 5.26 Å². The Balaban J connectivity index is 1.37. The average Bonchev–Trinajstić information content (AvgIpc) is 3.08. The highest BCUT2D eigenvalue weighted by molar-refractivity contribution is 7.16. The molecule has 0 radical (unpaired) electrons. The summed E-state index contributed by atoms with van der Waals surface area (Å²) in [6.45, 7) is 1.83. The maximum atomic E-state index is 12.3. The number of ether oxygens (including phenoxy) is 1. The van der Waals surface area contributed by atoms with Crippen LogP contribution in [0.1, 0.15) is 34.9 Å². The van der Waals surface area contributed by atoms with Gasteiger partial charge in [-0.25, -0.2) is 0 Å². The van der Waals surface area contributed by atoms with Crippen LogP contribution in [0.2, 0.25) is 0 Å². The standard InChI is InChI=1S/C24H22N2O3S/c1-15-9-10-19-20(13-25)24(30-21(19)11-15)26-22(27)14-29-23(28)12-17-7-4-6-16-5-2-3-8-18(16)17/h2-8,15H,9-12,14H2,1H3,(H,26,27)/t15-/m1/s1. The summed E-state index contributed by atoms with van der Waals surface area (Å²) < 4.78 is 5.19. The fourth-order valence-electron chi connectivity index (χ4n) is 3.92. The predicted molar refractivity (Wildman–Crippen MR) is 117 cm³/mol. The molecule has 0 unspecified atom stereocenters. The third kappa shape index (κ3) is 4.22. The highest BCUT2D eigenvalue weighted by Gasteiger charge is 2.24. The lowest BCUT2D eigenvalue weighted by atomic mass is 9.89. The summed E-state index contributed by atoms with van der Waals surface area (Å²) in [5.41, 5.74) is 2.48. The minimum absolute atomic E-state index is 0.100. The first-order valence-corrected chi connectivity index (χ1v) is 10.8. The van der Waals surface area contributed by atoms with Crippen molar-refractivity contribution < 1.29 is 14.3 Å². The molecule has 1 aromatic heterocycles. The summed E-state index contributed by atoms with van der Waals surface area (Å²) in [6, 6.07) is 15.8. The van der Waals surface area contributed by atoms with Crippen molar-refractivity contribution in [1.29, 1.82) is 5.26 Å². The van der Waals surface area contributed by atoms with Crippen LogP contribution in [0.15, 0.2) is 42.5 Å². The summed E-state index contributed by atoms with van der Waals surface area (Å²) in [4.78, 5) is 25.8. The molecule has 30 heavy (non-hydrogen) atoms. The number of thiophene rings is 1. The highest BCUT2D eigenvalue weighted by Crippen LogP contribution is 2.39. The number of fused-ring (bicyclic) bond motifs is 2. The lowest BCUT2D eigenvalue weighted by Crippen LogP contribution is -2.21. The first kappa shape index (κ1) is 20.1. The number of carbonyl (C=O) groups excluding carboxylic acids is 2. The van der Waals surface area contributed by atoms with Crippen molar-refractivity contribution >= 4 is 39.0 Å². The number of carbonyl (C=O) groups is 2. The maximum Gasteiger partial charge on any atom is 0.310 e. The third-order valence-corrected chi connectivity index (χ3v) is 6.63. The summed E-state index contributed by atoms with van der Waals surface area (Å²) in [6.07, 6.45) is 2.96. The van der Waals surface area contributed by atoms with E-state index in [0.717, 1.165) is 41.2 Å².